The second-order valence-corrected chi connectivity index (χ2v) is 3.73. The molecule has 0 saturated heterocycles. The topological polar surface area (TPSA) is 78.8 Å². The summed E-state index contributed by atoms with van der Waals surface area (Å²) in [7, 11) is 0. The summed E-state index contributed by atoms with van der Waals surface area (Å²) in [5.74, 6) is 0.231. The molecule has 5 heteroatoms. The first-order chi connectivity index (χ1) is 8.15. The molecule has 1 aromatic carbocycles. The molecule has 0 spiro atoms. The van der Waals surface area contributed by atoms with Crippen molar-refractivity contribution in [2.75, 3.05) is 19.8 Å². The van der Waals surface area contributed by atoms with Crippen LogP contribution in [0.4, 0.5) is 0 Å². The molecule has 0 aliphatic rings. The van der Waals surface area contributed by atoms with Crippen LogP contribution in [0.5, 0.6) is 5.75 Å². The van der Waals surface area contributed by atoms with Crippen LogP contribution in [0, 0.1) is 6.92 Å². The molecule has 0 unspecified atom stereocenters. The molecular formula is C12H17NO4. The van der Waals surface area contributed by atoms with Crippen molar-refractivity contribution >= 4 is 5.91 Å². The monoisotopic (exact) mass is 239 g/mol. The highest BCUT2D eigenvalue weighted by Crippen LogP contribution is 2.10. The van der Waals surface area contributed by atoms with Gasteiger partial charge in [0.2, 0.25) is 0 Å². The molecule has 0 saturated carbocycles. The van der Waals surface area contributed by atoms with E-state index < -0.39 is 6.04 Å². The van der Waals surface area contributed by atoms with Crippen molar-refractivity contribution in [3.05, 3.63) is 29.8 Å². The summed E-state index contributed by atoms with van der Waals surface area (Å²) >= 11 is 0. The van der Waals surface area contributed by atoms with Gasteiger partial charge in [0, 0.05) is 0 Å². The molecule has 5 nitrogen and oxygen atoms in total. The Morgan fingerprint density at radius 3 is 2.41 bits per heavy atom. The number of hydrogen-bond acceptors (Lipinski definition) is 4. The highest BCUT2D eigenvalue weighted by Gasteiger charge is 2.10. The third-order valence-electron chi connectivity index (χ3n) is 2.20. The van der Waals surface area contributed by atoms with Crippen LogP contribution in [0.15, 0.2) is 24.3 Å². The Bertz CT molecular complexity index is 346. The van der Waals surface area contributed by atoms with Crippen molar-refractivity contribution in [1.29, 1.82) is 0 Å². The molecule has 1 rings (SSSR count). The summed E-state index contributed by atoms with van der Waals surface area (Å²) in [4.78, 5) is 11.4. The molecule has 0 atom stereocenters. The van der Waals surface area contributed by atoms with Crippen LogP contribution in [0.25, 0.3) is 0 Å². The van der Waals surface area contributed by atoms with E-state index in [2.05, 4.69) is 5.32 Å². The molecule has 0 aliphatic heterocycles. The van der Waals surface area contributed by atoms with Gasteiger partial charge in [-0.1, -0.05) is 17.7 Å². The smallest absolute Gasteiger partial charge is 0.258 e. The van der Waals surface area contributed by atoms with Gasteiger partial charge in [0.15, 0.2) is 6.61 Å². The van der Waals surface area contributed by atoms with E-state index in [0.717, 1.165) is 5.56 Å². The minimum absolute atomic E-state index is 0.139. The molecule has 17 heavy (non-hydrogen) atoms. The van der Waals surface area contributed by atoms with Gasteiger partial charge in [0.1, 0.15) is 5.75 Å². The average molecular weight is 239 g/mol. The SMILES string of the molecule is Cc1ccc(OCC(=O)NC(CO)CO)cc1. The number of ether oxygens (including phenoxy) is 1. The molecule has 0 aromatic heterocycles. The van der Waals surface area contributed by atoms with Crippen molar-refractivity contribution in [3.8, 4) is 5.75 Å². The second-order valence-electron chi connectivity index (χ2n) is 3.73. The van der Waals surface area contributed by atoms with Gasteiger partial charge in [-0.25, -0.2) is 0 Å². The minimum Gasteiger partial charge on any atom is -0.484 e. The molecule has 0 fully saturated rings. The fourth-order valence-electron chi connectivity index (χ4n) is 1.20. The Morgan fingerprint density at radius 2 is 1.88 bits per heavy atom. The molecule has 0 heterocycles. The van der Waals surface area contributed by atoms with Crippen molar-refractivity contribution < 1.29 is 19.7 Å². The zero-order valence-electron chi connectivity index (χ0n) is 9.72. The summed E-state index contributed by atoms with van der Waals surface area (Å²) in [6, 6.07) is 6.69. The van der Waals surface area contributed by atoms with E-state index in [4.69, 9.17) is 14.9 Å². The fraction of sp³-hybridized carbons (Fsp3) is 0.417. The van der Waals surface area contributed by atoms with Gasteiger partial charge in [-0.3, -0.25) is 4.79 Å². The molecule has 0 radical (unpaired) electrons. The molecule has 3 N–H and O–H groups in total. The van der Waals surface area contributed by atoms with E-state index in [1.165, 1.54) is 0 Å². The Morgan fingerprint density at radius 1 is 1.29 bits per heavy atom. The van der Waals surface area contributed by atoms with Crippen LogP contribution >= 0.6 is 0 Å². The first-order valence-corrected chi connectivity index (χ1v) is 5.36. The lowest BCUT2D eigenvalue weighted by Crippen LogP contribution is -2.42. The predicted molar refractivity (Wildman–Crippen MR) is 62.8 cm³/mol. The van der Waals surface area contributed by atoms with Crippen LogP contribution in [-0.4, -0.2) is 42.0 Å². The highest BCUT2D eigenvalue weighted by molar-refractivity contribution is 5.77. The zero-order valence-corrected chi connectivity index (χ0v) is 9.72. The number of rotatable bonds is 6. The third-order valence-corrected chi connectivity index (χ3v) is 2.20. The highest BCUT2D eigenvalue weighted by atomic mass is 16.5. The Kier molecular flexibility index (Phi) is 5.45. The summed E-state index contributed by atoms with van der Waals surface area (Å²) in [5, 5.41) is 20.0. The van der Waals surface area contributed by atoms with Gasteiger partial charge in [-0.05, 0) is 19.1 Å². The number of carbonyl (C=O) groups excluding carboxylic acids is 1. The van der Waals surface area contributed by atoms with E-state index in [-0.39, 0.29) is 25.7 Å². The van der Waals surface area contributed by atoms with Crippen LogP contribution in [-0.2, 0) is 4.79 Å². The van der Waals surface area contributed by atoms with E-state index in [1.807, 2.05) is 19.1 Å². The largest absolute Gasteiger partial charge is 0.484 e. The molecule has 1 aromatic rings. The molecular weight excluding hydrogens is 222 g/mol. The summed E-state index contributed by atoms with van der Waals surface area (Å²) in [5.41, 5.74) is 1.11. The van der Waals surface area contributed by atoms with Gasteiger partial charge in [-0.15, -0.1) is 0 Å². The zero-order chi connectivity index (χ0) is 12.7. The molecule has 0 bridgehead atoms. The van der Waals surface area contributed by atoms with Gasteiger partial charge >= 0.3 is 0 Å². The van der Waals surface area contributed by atoms with E-state index in [9.17, 15) is 4.79 Å². The first kappa shape index (κ1) is 13.5. The van der Waals surface area contributed by atoms with Crippen LogP contribution in [0.3, 0.4) is 0 Å². The van der Waals surface area contributed by atoms with Gasteiger partial charge in [0.25, 0.3) is 5.91 Å². The quantitative estimate of drug-likeness (QED) is 0.644. The second kappa shape index (κ2) is 6.88. The first-order valence-electron chi connectivity index (χ1n) is 5.36. The van der Waals surface area contributed by atoms with Crippen molar-refractivity contribution in [3.63, 3.8) is 0 Å². The van der Waals surface area contributed by atoms with Gasteiger partial charge < -0.3 is 20.3 Å². The van der Waals surface area contributed by atoms with Crippen LogP contribution in [0.1, 0.15) is 5.56 Å². The van der Waals surface area contributed by atoms with Crippen molar-refractivity contribution in [2.24, 2.45) is 0 Å². The summed E-state index contributed by atoms with van der Waals surface area (Å²) in [6.45, 7) is 1.22. The number of amides is 1. The normalized spacial score (nSPS) is 10.4. The predicted octanol–water partition coefficient (Wildman–Crippen LogP) is -0.157. The number of hydrogen-bond donors (Lipinski definition) is 3. The maximum atomic E-state index is 11.4. The fourth-order valence-corrected chi connectivity index (χ4v) is 1.20. The Balaban J connectivity index is 2.35. The maximum Gasteiger partial charge on any atom is 0.258 e. The maximum absolute atomic E-state index is 11.4. The Labute approximate surface area is 100 Å². The van der Waals surface area contributed by atoms with Crippen molar-refractivity contribution in [2.45, 2.75) is 13.0 Å². The van der Waals surface area contributed by atoms with Crippen LogP contribution in [0.2, 0.25) is 0 Å². The molecule has 1 amide bonds. The molecule has 0 aliphatic carbocycles. The number of nitrogens with one attached hydrogen (secondary N) is 1. The average Bonchev–Trinajstić information content (AvgIpc) is 2.35. The van der Waals surface area contributed by atoms with Gasteiger partial charge in [-0.2, -0.15) is 0 Å². The standard InChI is InChI=1S/C12H17NO4/c1-9-2-4-11(5-3-9)17-8-12(16)13-10(6-14)7-15/h2-5,10,14-15H,6-8H2,1H3,(H,13,16). The third kappa shape index (κ3) is 4.84. The molecule has 94 valence electrons. The lowest BCUT2D eigenvalue weighted by molar-refractivity contribution is -0.124. The number of benzene rings is 1. The lowest BCUT2D eigenvalue weighted by atomic mass is 10.2. The summed E-state index contributed by atoms with van der Waals surface area (Å²) < 4.78 is 5.24. The number of carbonyl (C=O) groups is 1. The number of aryl methyl sites for hydroxylation is 1. The Hall–Kier alpha value is -1.59. The van der Waals surface area contributed by atoms with E-state index in [0.29, 0.717) is 5.75 Å². The van der Waals surface area contributed by atoms with Crippen molar-refractivity contribution in [1.82, 2.24) is 5.32 Å². The minimum atomic E-state index is -0.635. The van der Waals surface area contributed by atoms with E-state index >= 15 is 0 Å². The number of aliphatic hydroxyl groups excluding tert-OH is 2. The summed E-state index contributed by atoms with van der Waals surface area (Å²) in [6.07, 6.45) is 0. The van der Waals surface area contributed by atoms with E-state index in [1.54, 1.807) is 12.1 Å². The lowest BCUT2D eigenvalue weighted by Gasteiger charge is -2.13. The number of aliphatic hydroxyl groups is 2. The van der Waals surface area contributed by atoms with Gasteiger partial charge in [0.05, 0.1) is 19.3 Å². The van der Waals surface area contributed by atoms with Crippen LogP contribution < -0.4 is 10.1 Å².